The van der Waals surface area contributed by atoms with E-state index >= 15 is 0 Å². The topological polar surface area (TPSA) is 87.7 Å². The van der Waals surface area contributed by atoms with E-state index in [1.165, 1.54) is 31.4 Å². The third kappa shape index (κ3) is 6.43. The summed E-state index contributed by atoms with van der Waals surface area (Å²) in [6, 6.07) is 7.06. The van der Waals surface area contributed by atoms with Crippen LogP contribution in [0.15, 0.2) is 41.3 Å². The zero-order valence-corrected chi connectivity index (χ0v) is 22.4. The number of nitrogens with zero attached hydrogens (tertiary/aromatic N) is 1. The van der Waals surface area contributed by atoms with Gasteiger partial charge in [0.2, 0.25) is 10.0 Å². The predicted molar refractivity (Wildman–Crippen MR) is 140 cm³/mol. The Hall–Kier alpha value is -2.79. The van der Waals surface area contributed by atoms with Crippen molar-refractivity contribution in [3.63, 3.8) is 0 Å². The number of amides is 1. The molecule has 0 spiro atoms. The molecule has 11 heteroatoms. The van der Waals surface area contributed by atoms with Crippen LogP contribution in [0.4, 0.5) is 24.5 Å². The van der Waals surface area contributed by atoms with Gasteiger partial charge in [-0.3, -0.25) is 4.79 Å². The van der Waals surface area contributed by atoms with Gasteiger partial charge in [-0.15, -0.1) is 0 Å². The van der Waals surface area contributed by atoms with Crippen LogP contribution in [-0.4, -0.2) is 40.6 Å². The molecule has 0 unspecified atom stereocenters. The van der Waals surface area contributed by atoms with Crippen LogP contribution >= 0.6 is 0 Å². The first-order valence-corrected chi connectivity index (χ1v) is 14.5. The third-order valence-electron chi connectivity index (χ3n) is 7.40. The molecule has 1 heterocycles. The molecule has 1 aliphatic heterocycles. The summed E-state index contributed by atoms with van der Waals surface area (Å²) in [6.07, 6.45) is 1.88. The number of carbonyl (C=O) groups excluding carboxylic acids is 1. The van der Waals surface area contributed by atoms with Gasteiger partial charge in [-0.05, 0) is 74.4 Å². The highest BCUT2D eigenvalue weighted by Gasteiger charge is 2.32. The second-order valence-electron chi connectivity index (χ2n) is 10.1. The molecular formula is C27H34F3N3O4S. The zero-order valence-electron chi connectivity index (χ0n) is 21.6. The van der Waals surface area contributed by atoms with Crippen LogP contribution in [-0.2, 0) is 16.2 Å². The van der Waals surface area contributed by atoms with Gasteiger partial charge in [-0.2, -0.15) is 13.2 Å². The van der Waals surface area contributed by atoms with E-state index in [-0.39, 0.29) is 33.9 Å². The van der Waals surface area contributed by atoms with E-state index in [1.807, 2.05) is 11.8 Å². The summed E-state index contributed by atoms with van der Waals surface area (Å²) in [5.74, 6) is -0.469. The van der Waals surface area contributed by atoms with Crippen molar-refractivity contribution < 1.29 is 31.1 Å². The number of ether oxygens (including phenoxy) is 1. The average Bonchev–Trinajstić information content (AvgIpc) is 2.89. The fourth-order valence-electron chi connectivity index (χ4n) is 5.20. The largest absolute Gasteiger partial charge is 0.495 e. The number of carbonyl (C=O) groups is 1. The molecule has 2 aliphatic rings. The van der Waals surface area contributed by atoms with Crippen LogP contribution < -0.4 is 19.7 Å². The Labute approximate surface area is 221 Å². The van der Waals surface area contributed by atoms with Gasteiger partial charge in [0, 0.05) is 24.7 Å². The molecule has 2 aromatic carbocycles. The molecule has 2 fully saturated rings. The second-order valence-corrected chi connectivity index (χ2v) is 11.8. The standard InChI is InChI=1S/C27H34F3N3O4S/c1-18-8-4-5-9-21(18)32-38(35,36)25-16-19(10-13-24(25)37-2)26(34)31-22-17-20(27(28,29)30)11-12-23(22)33-14-6-3-7-15-33/h10-13,16-18,21,32H,3-9,14-15H2,1-2H3,(H,31,34)/t18-,21+/m0/s1. The molecule has 1 amide bonds. The number of sulfonamides is 1. The molecule has 1 saturated carbocycles. The maximum atomic E-state index is 13.5. The van der Waals surface area contributed by atoms with Gasteiger partial charge < -0.3 is 15.0 Å². The lowest BCUT2D eigenvalue weighted by molar-refractivity contribution is -0.137. The Morgan fingerprint density at radius 2 is 1.71 bits per heavy atom. The molecule has 0 bridgehead atoms. The number of rotatable bonds is 7. The maximum Gasteiger partial charge on any atom is 0.416 e. The van der Waals surface area contributed by atoms with Gasteiger partial charge in [0.1, 0.15) is 10.6 Å². The fraction of sp³-hybridized carbons (Fsp3) is 0.519. The highest BCUT2D eigenvalue weighted by Crippen LogP contribution is 2.37. The van der Waals surface area contributed by atoms with Crippen LogP contribution in [0.1, 0.15) is 67.8 Å². The van der Waals surface area contributed by atoms with Gasteiger partial charge in [0.25, 0.3) is 5.91 Å². The van der Waals surface area contributed by atoms with Crippen molar-refractivity contribution in [2.75, 3.05) is 30.4 Å². The number of anilines is 2. The lowest BCUT2D eigenvalue weighted by Crippen LogP contribution is -2.41. The molecule has 0 radical (unpaired) electrons. The average molecular weight is 554 g/mol. The first-order chi connectivity index (χ1) is 18.0. The number of hydrogen-bond acceptors (Lipinski definition) is 5. The minimum absolute atomic E-state index is 0.00938. The van der Waals surface area contributed by atoms with Gasteiger partial charge in [0.15, 0.2) is 0 Å². The molecule has 4 rings (SSSR count). The summed E-state index contributed by atoms with van der Waals surface area (Å²) < 4.78 is 75.1. The smallest absolute Gasteiger partial charge is 0.416 e. The summed E-state index contributed by atoms with van der Waals surface area (Å²) in [7, 11) is -2.69. The molecule has 1 aliphatic carbocycles. The Morgan fingerprint density at radius 3 is 2.37 bits per heavy atom. The molecule has 38 heavy (non-hydrogen) atoms. The van der Waals surface area contributed by atoms with Gasteiger partial charge >= 0.3 is 6.18 Å². The SMILES string of the molecule is COc1ccc(C(=O)Nc2cc(C(F)(F)F)ccc2N2CCCCC2)cc1S(=O)(=O)N[C@@H]1CCCC[C@@H]1C. The van der Waals surface area contributed by atoms with E-state index in [0.29, 0.717) is 18.8 Å². The zero-order chi connectivity index (χ0) is 27.5. The van der Waals surface area contributed by atoms with Crippen LogP contribution in [0.5, 0.6) is 5.75 Å². The number of methoxy groups -OCH3 is 1. The van der Waals surface area contributed by atoms with Gasteiger partial charge in [-0.1, -0.05) is 19.8 Å². The van der Waals surface area contributed by atoms with Crippen LogP contribution in [0, 0.1) is 5.92 Å². The van der Waals surface area contributed by atoms with Crippen molar-refractivity contribution in [3.8, 4) is 5.75 Å². The quantitative estimate of drug-likeness (QED) is 0.452. The van der Waals surface area contributed by atoms with E-state index in [9.17, 15) is 26.4 Å². The van der Waals surface area contributed by atoms with Crippen molar-refractivity contribution in [1.29, 1.82) is 0 Å². The number of piperidine rings is 1. The van der Waals surface area contributed by atoms with E-state index in [0.717, 1.165) is 57.1 Å². The van der Waals surface area contributed by atoms with Crippen molar-refractivity contribution in [3.05, 3.63) is 47.5 Å². The van der Waals surface area contributed by atoms with Crippen LogP contribution in [0.3, 0.4) is 0 Å². The summed E-state index contributed by atoms with van der Waals surface area (Å²) in [5.41, 5.74) is -0.358. The van der Waals surface area contributed by atoms with E-state index < -0.39 is 27.7 Å². The normalized spacial score (nSPS) is 20.7. The van der Waals surface area contributed by atoms with Gasteiger partial charge in [-0.25, -0.2) is 13.1 Å². The van der Waals surface area contributed by atoms with E-state index in [2.05, 4.69) is 10.0 Å². The summed E-state index contributed by atoms with van der Waals surface area (Å²) >= 11 is 0. The van der Waals surface area contributed by atoms with E-state index in [4.69, 9.17) is 4.74 Å². The Kier molecular flexibility index (Phi) is 8.56. The highest BCUT2D eigenvalue weighted by atomic mass is 32.2. The monoisotopic (exact) mass is 553 g/mol. The molecular weight excluding hydrogens is 519 g/mol. The van der Waals surface area contributed by atoms with Gasteiger partial charge in [0.05, 0.1) is 24.0 Å². The Bertz CT molecular complexity index is 1260. The third-order valence-corrected chi connectivity index (χ3v) is 8.91. The Balaban J connectivity index is 1.64. The number of nitrogens with one attached hydrogen (secondary N) is 2. The first-order valence-electron chi connectivity index (χ1n) is 13.0. The maximum absolute atomic E-state index is 13.5. The Morgan fingerprint density at radius 1 is 1.00 bits per heavy atom. The van der Waals surface area contributed by atoms with Crippen molar-refractivity contribution >= 4 is 27.3 Å². The van der Waals surface area contributed by atoms with Crippen LogP contribution in [0.25, 0.3) is 0 Å². The molecule has 2 atom stereocenters. The molecule has 7 nitrogen and oxygen atoms in total. The summed E-state index contributed by atoms with van der Waals surface area (Å²) in [6.45, 7) is 3.34. The van der Waals surface area contributed by atoms with Crippen molar-refractivity contribution in [1.82, 2.24) is 4.72 Å². The molecule has 2 aromatic rings. The lowest BCUT2D eigenvalue weighted by Gasteiger charge is -2.31. The lowest BCUT2D eigenvalue weighted by atomic mass is 9.87. The second kappa shape index (κ2) is 11.5. The number of alkyl halides is 3. The summed E-state index contributed by atoms with van der Waals surface area (Å²) in [5, 5.41) is 2.60. The molecule has 2 N–H and O–H groups in total. The predicted octanol–water partition coefficient (Wildman–Crippen LogP) is 5.81. The fourth-order valence-corrected chi connectivity index (χ4v) is 6.77. The molecule has 1 saturated heterocycles. The molecule has 0 aromatic heterocycles. The highest BCUT2D eigenvalue weighted by molar-refractivity contribution is 7.89. The minimum atomic E-state index is -4.58. The number of halogens is 3. The minimum Gasteiger partial charge on any atom is -0.495 e. The molecule has 208 valence electrons. The van der Waals surface area contributed by atoms with Crippen LogP contribution in [0.2, 0.25) is 0 Å². The summed E-state index contributed by atoms with van der Waals surface area (Å²) in [4.78, 5) is 15.0. The van der Waals surface area contributed by atoms with E-state index in [1.54, 1.807) is 0 Å². The number of hydrogen-bond donors (Lipinski definition) is 2. The first kappa shape index (κ1) is 28.2. The van der Waals surface area contributed by atoms with Crippen molar-refractivity contribution in [2.45, 2.75) is 69.0 Å². The van der Waals surface area contributed by atoms with Crippen molar-refractivity contribution in [2.24, 2.45) is 5.92 Å². The number of benzene rings is 2.